The van der Waals surface area contributed by atoms with E-state index in [2.05, 4.69) is 11.8 Å². The fourth-order valence-electron chi connectivity index (χ4n) is 1.87. The Morgan fingerprint density at radius 3 is 2.59 bits per heavy atom. The molecule has 2 N–H and O–H groups in total. The molecule has 0 heterocycles. The third-order valence-electron chi connectivity index (χ3n) is 2.80. The summed E-state index contributed by atoms with van der Waals surface area (Å²) in [6.45, 7) is 6.44. The first-order chi connectivity index (χ1) is 8.08. The van der Waals surface area contributed by atoms with Gasteiger partial charge in [0.15, 0.2) is 0 Å². The number of benzene rings is 1. The lowest BCUT2D eigenvalue weighted by molar-refractivity contribution is 0.269. The average Bonchev–Trinajstić information content (AvgIpc) is 2.31. The van der Waals surface area contributed by atoms with Crippen LogP contribution in [0.5, 0.6) is 0 Å². The molecule has 0 aliphatic carbocycles. The van der Waals surface area contributed by atoms with Crippen LogP contribution in [0.1, 0.15) is 31.9 Å². The summed E-state index contributed by atoms with van der Waals surface area (Å²) in [7, 11) is 0. The van der Waals surface area contributed by atoms with Gasteiger partial charge in [-0.2, -0.15) is 0 Å². The number of nitrogens with zero attached hydrogens (tertiary/aromatic N) is 1. The highest BCUT2D eigenvalue weighted by molar-refractivity contribution is 5.22. The topological polar surface area (TPSA) is 29.3 Å². The van der Waals surface area contributed by atoms with Crippen molar-refractivity contribution in [1.82, 2.24) is 4.90 Å². The summed E-state index contributed by atoms with van der Waals surface area (Å²) in [5.74, 6) is -0.887. The second kappa shape index (κ2) is 6.67. The molecule has 1 aromatic rings. The van der Waals surface area contributed by atoms with E-state index in [0.717, 1.165) is 31.6 Å². The predicted octanol–water partition coefficient (Wildman–Crippen LogP) is 2.70. The molecule has 0 aliphatic rings. The molecule has 1 aromatic carbocycles. The monoisotopic (exact) mass is 242 g/mol. The van der Waals surface area contributed by atoms with E-state index in [0.29, 0.717) is 6.54 Å². The average molecular weight is 242 g/mol. The standard InChI is InChI=1S/C13H20F2N2/c1-3-7-17(4-2)9-13(16)11-8-10(14)5-6-12(11)15/h5-6,8,13H,3-4,7,9,16H2,1-2H3. The first-order valence-corrected chi connectivity index (χ1v) is 6.01. The van der Waals surface area contributed by atoms with Gasteiger partial charge in [0.1, 0.15) is 11.6 Å². The van der Waals surface area contributed by atoms with Gasteiger partial charge in [-0.15, -0.1) is 0 Å². The summed E-state index contributed by atoms with van der Waals surface area (Å²) in [6.07, 6.45) is 1.02. The molecule has 0 fully saturated rings. The summed E-state index contributed by atoms with van der Waals surface area (Å²) < 4.78 is 26.5. The Morgan fingerprint density at radius 2 is 2.00 bits per heavy atom. The van der Waals surface area contributed by atoms with Crippen LogP contribution in [0, 0.1) is 11.6 Å². The Kier molecular flexibility index (Phi) is 5.51. The van der Waals surface area contributed by atoms with Crippen molar-refractivity contribution in [2.24, 2.45) is 5.73 Å². The maximum Gasteiger partial charge on any atom is 0.128 e. The van der Waals surface area contributed by atoms with Crippen LogP contribution in [-0.2, 0) is 0 Å². The highest BCUT2D eigenvalue weighted by Crippen LogP contribution is 2.17. The third-order valence-corrected chi connectivity index (χ3v) is 2.80. The Labute approximate surface area is 101 Å². The minimum Gasteiger partial charge on any atom is -0.323 e. The van der Waals surface area contributed by atoms with Crippen molar-refractivity contribution in [3.05, 3.63) is 35.4 Å². The summed E-state index contributed by atoms with van der Waals surface area (Å²) in [5, 5.41) is 0. The van der Waals surface area contributed by atoms with Gasteiger partial charge in [0.05, 0.1) is 0 Å². The van der Waals surface area contributed by atoms with Crippen LogP contribution in [-0.4, -0.2) is 24.5 Å². The van der Waals surface area contributed by atoms with Crippen LogP contribution in [0.2, 0.25) is 0 Å². The van der Waals surface area contributed by atoms with Crippen LogP contribution in [0.3, 0.4) is 0 Å². The molecule has 96 valence electrons. The zero-order chi connectivity index (χ0) is 12.8. The first-order valence-electron chi connectivity index (χ1n) is 6.01. The van der Waals surface area contributed by atoms with Gasteiger partial charge in [-0.05, 0) is 37.7 Å². The largest absolute Gasteiger partial charge is 0.323 e. The fourth-order valence-corrected chi connectivity index (χ4v) is 1.87. The van der Waals surface area contributed by atoms with E-state index in [-0.39, 0.29) is 5.56 Å². The maximum atomic E-state index is 13.5. The van der Waals surface area contributed by atoms with Gasteiger partial charge in [-0.3, -0.25) is 0 Å². The van der Waals surface area contributed by atoms with Crippen molar-refractivity contribution in [2.45, 2.75) is 26.3 Å². The number of hydrogen-bond acceptors (Lipinski definition) is 2. The molecular formula is C13H20F2N2. The second-order valence-electron chi connectivity index (χ2n) is 4.17. The third kappa shape index (κ3) is 4.06. The number of likely N-dealkylation sites (N-methyl/N-ethyl adjacent to an activating group) is 1. The number of nitrogens with two attached hydrogens (primary N) is 1. The maximum absolute atomic E-state index is 13.5. The van der Waals surface area contributed by atoms with E-state index in [1.54, 1.807) is 0 Å². The van der Waals surface area contributed by atoms with Gasteiger partial charge in [0.2, 0.25) is 0 Å². The Balaban J connectivity index is 2.74. The van der Waals surface area contributed by atoms with Crippen LogP contribution < -0.4 is 5.73 Å². The molecule has 0 bridgehead atoms. The second-order valence-corrected chi connectivity index (χ2v) is 4.17. The lowest BCUT2D eigenvalue weighted by Crippen LogP contribution is -2.33. The van der Waals surface area contributed by atoms with Crippen LogP contribution >= 0.6 is 0 Å². The van der Waals surface area contributed by atoms with Gasteiger partial charge in [-0.25, -0.2) is 8.78 Å². The van der Waals surface area contributed by atoms with Crippen molar-refractivity contribution in [1.29, 1.82) is 0 Å². The van der Waals surface area contributed by atoms with E-state index in [9.17, 15) is 8.78 Å². The van der Waals surface area contributed by atoms with E-state index in [4.69, 9.17) is 5.73 Å². The first kappa shape index (κ1) is 14.1. The minimum atomic E-state index is -0.489. The van der Waals surface area contributed by atoms with Gasteiger partial charge < -0.3 is 10.6 Å². The molecule has 0 aliphatic heterocycles. The van der Waals surface area contributed by atoms with E-state index >= 15 is 0 Å². The van der Waals surface area contributed by atoms with Gasteiger partial charge in [0.25, 0.3) is 0 Å². The molecular weight excluding hydrogens is 222 g/mol. The molecule has 0 radical (unpaired) electrons. The van der Waals surface area contributed by atoms with E-state index in [1.165, 1.54) is 6.07 Å². The summed E-state index contributed by atoms with van der Waals surface area (Å²) in [6, 6.07) is 2.92. The van der Waals surface area contributed by atoms with Crippen molar-refractivity contribution < 1.29 is 8.78 Å². The molecule has 0 spiro atoms. The van der Waals surface area contributed by atoms with Crippen LogP contribution in [0.4, 0.5) is 8.78 Å². The normalized spacial score (nSPS) is 13.1. The van der Waals surface area contributed by atoms with Crippen molar-refractivity contribution >= 4 is 0 Å². The predicted molar refractivity (Wildman–Crippen MR) is 65.7 cm³/mol. The number of hydrogen-bond donors (Lipinski definition) is 1. The van der Waals surface area contributed by atoms with Crippen molar-refractivity contribution in [2.75, 3.05) is 19.6 Å². The quantitative estimate of drug-likeness (QED) is 0.831. The molecule has 17 heavy (non-hydrogen) atoms. The van der Waals surface area contributed by atoms with Crippen LogP contribution in [0.25, 0.3) is 0 Å². The van der Waals surface area contributed by atoms with Gasteiger partial charge in [0, 0.05) is 18.2 Å². The molecule has 2 nitrogen and oxygen atoms in total. The van der Waals surface area contributed by atoms with Crippen molar-refractivity contribution in [3.63, 3.8) is 0 Å². The van der Waals surface area contributed by atoms with Crippen molar-refractivity contribution in [3.8, 4) is 0 Å². The fraction of sp³-hybridized carbons (Fsp3) is 0.538. The lowest BCUT2D eigenvalue weighted by atomic mass is 10.1. The summed E-state index contributed by atoms with van der Waals surface area (Å²) in [4.78, 5) is 2.13. The summed E-state index contributed by atoms with van der Waals surface area (Å²) >= 11 is 0. The molecule has 0 saturated carbocycles. The molecule has 1 unspecified atom stereocenters. The number of rotatable bonds is 6. The van der Waals surface area contributed by atoms with Crippen LogP contribution in [0.15, 0.2) is 18.2 Å². The van der Waals surface area contributed by atoms with Gasteiger partial charge >= 0.3 is 0 Å². The highest BCUT2D eigenvalue weighted by atomic mass is 19.1. The number of halogens is 2. The molecule has 0 amide bonds. The lowest BCUT2D eigenvalue weighted by Gasteiger charge is -2.24. The zero-order valence-electron chi connectivity index (χ0n) is 10.4. The SMILES string of the molecule is CCCN(CC)CC(N)c1cc(F)ccc1F. The van der Waals surface area contributed by atoms with E-state index in [1.807, 2.05) is 6.92 Å². The minimum absolute atomic E-state index is 0.250. The molecule has 1 rings (SSSR count). The Morgan fingerprint density at radius 1 is 1.29 bits per heavy atom. The molecule has 1 atom stereocenters. The smallest absolute Gasteiger partial charge is 0.128 e. The summed E-state index contributed by atoms with van der Waals surface area (Å²) in [5.41, 5.74) is 6.17. The van der Waals surface area contributed by atoms with E-state index < -0.39 is 17.7 Å². The molecule has 0 aromatic heterocycles. The Hall–Kier alpha value is -1.00. The Bertz CT molecular complexity index is 355. The molecule has 4 heteroatoms. The zero-order valence-corrected chi connectivity index (χ0v) is 10.4. The molecule has 0 saturated heterocycles. The highest BCUT2D eigenvalue weighted by Gasteiger charge is 2.15. The van der Waals surface area contributed by atoms with Gasteiger partial charge in [-0.1, -0.05) is 13.8 Å².